The average molecular weight is 314 g/mol. The molecule has 0 bridgehead atoms. The van der Waals surface area contributed by atoms with Crippen LogP contribution in [-0.2, 0) is 15.0 Å². The molecule has 0 aromatic heterocycles. The van der Waals surface area contributed by atoms with E-state index in [-0.39, 0.29) is 30.5 Å². The van der Waals surface area contributed by atoms with Crippen LogP contribution in [0.2, 0.25) is 0 Å². The maximum atomic E-state index is 13.0. The van der Waals surface area contributed by atoms with Crippen molar-refractivity contribution in [1.29, 1.82) is 0 Å². The van der Waals surface area contributed by atoms with Crippen LogP contribution in [0.5, 0.6) is 0 Å². The van der Waals surface area contributed by atoms with Gasteiger partial charge >= 0.3 is 0 Å². The average Bonchev–Trinajstić information content (AvgIpc) is 3.06. The standard InChI is InChI=1S/C18H22N2O3/c1-2-11-7-8-15(22)20-12(10-21)9-18(16(11)20)13-5-3-4-6-14(13)19-17(18)23/h3-6,11-12,16,21H,2,7-10H2,1H3,(H,19,23)/t11-,12+,16-,18-/m1/s1. The molecular weight excluding hydrogens is 292 g/mol. The number of aliphatic hydroxyl groups is 1. The molecule has 0 saturated carbocycles. The fraction of sp³-hybridized carbons (Fsp3) is 0.556. The van der Waals surface area contributed by atoms with Crippen molar-refractivity contribution in [3.63, 3.8) is 0 Å². The Morgan fingerprint density at radius 2 is 2.13 bits per heavy atom. The highest BCUT2D eigenvalue weighted by atomic mass is 16.3. The van der Waals surface area contributed by atoms with Crippen LogP contribution < -0.4 is 5.32 Å². The highest BCUT2D eigenvalue weighted by molar-refractivity contribution is 6.08. The van der Waals surface area contributed by atoms with E-state index in [0.29, 0.717) is 18.8 Å². The number of hydrogen-bond donors (Lipinski definition) is 2. The van der Waals surface area contributed by atoms with E-state index < -0.39 is 5.41 Å². The molecule has 4 atom stereocenters. The van der Waals surface area contributed by atoms with Crippen LogP contribution in [0.3, 0.4) is 0 Å². The molecule has 3 aliphatic rings. The number of benzene rings is 1. The second-order valence-corrected chi connectivity index (χ2v) is 6.96. The Morgan fingerprint density at radius 1 is 1.35 bits per heavy atom. The minimum Gasteiger partial charge on any atom is -0.394 e. The predicted molar refractivity (Wildman–Crippen MR) is 85.9 cm³/mol. The molecule has 5 nitrogen and oxygen atoms in total. The van der Waals surface area contributed by atoms with Gasteiger partial charge in [0, 0.05) is 12.1 Å². The van der Waals surface area contributed by atoms with E-state index in [4.69, 9.17) is 0 Å². The summed E-state index contributed by atoms with van der Waals surface area (Å²) in [6, 6.07) is 7.37. The zero-order valence-corrected chi connectivity index (χ0v) is 13.3. The number of nitrogens with zero attached hydrogens (tertiary/aromatic N) is 1. The lowest BCUT2D eigenvalue weighted by Crippen LogP contribution is -2.56. The summed E-state index contributed by atoms with van der Waals surface area (Å²) in [7, 11) is 0. The largest absolute Gasteiger partial charge is 0.394 e. The molecule has 3 aliphatic heterocycles. The van der Waals surface area contributed by atoms with E-state index in [9.17, 15) is 14.7 Å². The lowest BCUT2D eigenvalue weighted by molar-refractivity contribution is -0.141. The van der Waals surface area contributed by atoms with E-state index in [1.165, 1.54) is 0 Å². The second-order valence-electron chi connectivity index (χ2n) is 6.96. The molecule has 2 saturated heterocycles. The molecule has 5 heteroatoms. The van der Waals surface area contributed by atoms with Gasteiger partial charge in [-0.1, -0.05) is 31.5 Å². The van der Waals surface area contributed by atoms with Gasteiger partial charge in [-0.15, -0.1) is 0 Å². The van der Waals surface area contributed by atoms with Crippen LogP contribution in [0.4, 0.5) is 5.69 Å². The van der Waals surface area contributed by atoms with E-state index in [1.54, 1.807) is 0 Å². The summed E-state index contributed by atoms with van der Waals surface area (Å²) >= 11 is 0. The van der Waals surface area contributed by atoms with Crippen LogP contribution >= 0.6 is 0 Å². The lowest BCUT2D eigenvalue weighted by Gasteiger charge is -2.43. The van der Waals surface area contributed by atoms with Gasteiger partial charge in [-0.2, -0.15) is 0 Å². The van der Waals surface area contributed by atoms with Gasteiger partial charge in [0.2, 0.25) is 11.8 Å². The fourth-order valence-corrected chi connectivity index (χ4v) is 5.05. The molecule has 1 aromatic rings. The van der Waals surface area contributed by atoms with Crippen molar-refractivity contribution in [1.82, 2.24) is 4.90 Å². The number of anilines is 1. The summed E-state index contributed by atoms with van der Waals surface area (Å²) in [4.78, 5) is 27.4. The lowest BCUT2D eigenvalue weighted by atomic mass is 9.68. The number of para-hydroxylation sites is 1. The van der Waals surface area contributed by atoms with Gasteiger partial charge in [-0.25, -0.2) is 0 Å². The van der Waals surface area contributed by atoms with Crippen molar-refractivity contribution in [3.05, 3.63) is 29.8 Å². The Balaban J connectivity index is 1.91. The Labute approximate surface area is 135 Å². The highest BCUT2D eigenvalue weighted by Crippen LogP contribution is 2.54. The monoisotopic (exact) mass is 314 g/mol. The second kappa shape index (κ2) is 5.06. The van der Waals surface area contributed by atoms with Crippen LogP contribution in [0.1, 0.15) is 38.2 Å². The van der Waals surface area contributed by atoms with Gasteiger partial charge < -0.3 is 15.3 Å². The Morgan fingerprint density at radius 3 is 2.87 bits per heavy atom. The van der Waals surface area contributed by atoms with Gasteiger partial charge in [0.05, 0.1) is 24.1 Å². The molecule has 4 rings (SSSR count). The first-order chi connectivity index (χ1) is 11.1. The smallest absolute Gasteiger partial charge is 0.237 e. The number of hydrogen-bond acceptors (Lipinski definition) is 3. The molecule has 3 heterocycles. The summed E-state index contributed by atoms with van der Waals surface area (Å²) in [6.07, 6.45) is 2.79. The topological polar surface area (TPSA) is 69.6 Å². The number of piperidine rings is 1. The summed E-state index contributed by atoms with van der Waals surface area (Å²) < 4.78 is 0. The summed E-state index contributed by atoms with van der Waals surface area (Å²) in [5.74, 6) is 0.353. The number of carbonyl (C=O) groups is 2. The first-order valence-electron chi connectivity index (χ1n) is 8.46. The summed E-state index contributed by atoms with van der Waals surface area (Å²) in [6.45, 7) is 2.03. The van der Waals surface area contributed by atoms with E-state index in [2.05, 4.69) is 12.2 Å². The zero-order chi connectivity index (χ0) is 16.2. The Kier molecular flexibility index (Phi) is 3.23. The number of aliphatic hydroxyl groups excluding tert-OH is 1. The molecule has 2 fully saturated rings. The van der Waals surface area contributed by atoms with Gasteiger partial charge in [0.15, 0.2) is 0 Å². The van der Waals surface area contributed by atoms with Crippen molar-refractivity contribution < 1.29 is 14.7 Å². The molecule has 2 amide bonds. The van der Waals surface area contributed by atoms with Gasteiger partial charge in [-0.05, 0) is 30.4 Å². The van der Waals surface area contributed by atoms with Crippen LogP contribution in [0.25, 0.3) is 0 Å². The van der Waals surface area contributed by atoms with Gasteiger partial charge in [0.1, 0.15) is 0 Å². The van der Waals surface area contributed by atoms with Gasteiger partial charge in [-0.3, -0.25) is 9.59 Å². The van der Waals surface area contributed by atoms with Crippen molar-refractivity contribution in [2.24, 2.45) is 5.92 Å². The predicted octanol–water partition coefficient (Wildman–Crippen LogP) is 1.66. The van der Waals surface area contributed by atoms with Crippen molar-refractivity contribution in [2.45, 2.75) is 50.1 Å². The SMILES string of the molecule is CC[C@@H]1CCC(=O)N2[C@H](CO)C[C@]3(C(=O)Nc4ccccc43)[C@@H]12. The van der Waals surface area contributed by atoms with Crippen molar-refractivity contribution >= 4 is 17.5 Å². The van der Waals surface area contributed by atoms with Gasteiger partial charge in [0.25, 0.3) is 0 Å². The first-order valence-corrected chi connectivity index (χ1v) is 8.46. The summed E-state index contributed by atoms with van der Waals surface area (Å²) in [5, 5.41) is 12.8. The molecule has 122 valence electrons. The molecule has 2 N–H and O–H groups in total. The number of amides is 2. The molecule has 0 radical (unpaired) electrons. The quantitative estimate of drug-likeness (QED) is 0.872. The van der Waals surface area contributed by atoms with E-state index in [0.717, 1.165) is 24.1 Å². The van der Waals surface area contributed by atoms with Crippen molar-refractivity contribution in [3.8, 4) is 0 Å². The number of nitrogens with one attached hydrogen (secondary N) is 1. The zero-order valence-electron chi connectivity index (χ0n) is 13.3. The summed E-state index contributed by atoms with van der Waals surface area (Å²) in [5.41, 5.74) is 1.13. The normalized spacial score (nSPS) is 35.4. The number of fused-ring (bicyclic) bond motifs is 4. The first kappa shape index (κ1) is 14.7. The third-order valence-electron chi connectivity index (χ3n) is 6.02. The molecule has 1 spiro atoms. The fourth-order valence-electron chi connectivity index (χ4n) is 5.05. The minimum absolute atomic E-state index is 0.0159. The third-order valence-corrected chi connectivity index (χ3v) is 6.02. The Bertz CT molecular complexity index is 674. The maximum Gasteiger partial charge on any atom is 0.237 e. The minimum atomic E-state index is -0.708. The van der Waals surface area contributed by atoms with E-state index in [1.807, 2.05) is 29.2 Å². The van der Waals surface area contributed by atoms with Crippen molar-refractivity contribution in [2.75, 3.05) is 11.9 Å². The highest BCUT2D eigenvalue weighted by Gasteiger charge is 2.64. The number of carbonyl (C=O) groups excluding carboxylic acids is 2. The molecule has 0 aliphatic carbocycles. The van der Waals surface area contributed by atoms with E-state index >= 15 is 0 Å². The maximum absolute atomic E-state index is 13.0. The number of rotatable bonds is 2. The molecule has 0 unspecified atom stereocenters. The van der Waals surface area contributed by atoms with Crippen LogP contribution in [0, 0.1) is 5.92 Å². The molecular formula is C18H22N2O3. The van der Waals surface area contributed by atoms with Crippen LogP contribution in [-0.4, -0.2) is 40.5 Å². The molecule has 1 aromatic carbocycles. The third kappa shape index (κ3) is 1.77. The molecule has 23 heavy (non-hydrogen) atoms. The van der Waals surface area contributed by atoms with Crippen LogP contribution in [0.15, 0.2) is 24.3 Å². The Hall–Kier alpha value is -1.88.